The zero-order valence-electron chi connectivity index (χ0n) is 12.0. The molecule has 3 atom stereocenters. The summed E-state index contributed by atoms with van der Waals surface area (Å²) in [6, 6.07) is 0. The number of hydrogen-bond acceptors (Lipinski definition) is 2. The first-order chi connectivity index (χ1) is 8.01. The van der Waals surface area contributed by atoms with E-state index in [1.54, 1.807) is 0 Å². The fourth-order valence-electron chi connectivity index (χ4n) is 3.82. The second-order valence-electron chi connectivity index (χ2n) is 6.67. The minimum atomic E-state index is 0.0444. The Balaban J connectivity index is 2.19. The van der Waals surface area contributed by atoms with Crippen LogP contribution in [0.15, 0.2) is 0 Å². The van der Waals surface area contributed by atoms with Gasteiger partial charge in [0.2, 0.25) is 0 Å². The summed E-state index contributed by atoms with van der Waals surface area (Å²) in [6.45, 7) is 11.3. The first kappa shape index (κ1) is 13.4. The van der Waals surface area contributed by atoms with Crippen molar-refractivity contribution in [2.24, 2.45) is 11.8 Å². The number of ether oxygens (including phenoxy) is 1. The topological polar surface area (TPSA) is 21.3 Å². The standard InChI is InChI=1S/C15H29NO/c1-5-14(4)10-16-11-15(17-14)9-7-6-8-13(15)12(2)3/h12-13,16H,5-11H2,1-4H3. The van der Waals surface area contributed by atoms with Crippen LogP contribution in [0.2, 0.25) is 0 Å². The molecule has 2 aliphatic rings. The van der Waals surface area contributed by atoms with E-state index in [-0.39, 0.29) is 11.2 Å². The van der Waals surface area contributed by atoms with Crippen LogP contribution in [0.3, 0.4) is 0 Å². The summed E-state index contributed by atoms with van der Waals surface area (Å²) >= 11 is 0. The van der Waals surface area contributed by atoms with Crippen molar-refractivity contribution in [1.29, 1.82) is 0 Å². The molecule has 0 amide bonds. The molecule has 1 aliphatic carbocycles. The molecule has 2 fully saturated rings. The van der Waals surface area contributed by atoms with Crippen molar-refractivity contribution in [2.75, 3.05) is 13.1 Å². The van der Waals surface area contributed by atoms with Gasteiger partial charge in [0, 0.05) is 13.1 Å². The maximum absolute atomic E-state index is 6.66. The van der Waals surface area contributed by atoms with Gasteiger partial charge in [-0.1, -0.05) is 33.6 Å². The maximum atomic E-state index is 6.66. The van der Waals surface area contributed by atoms with Crippen LogP contribution in [0.25, 0.3) is 0 Å². The van der Waals surface area contributed by atoms with Gasteiger partial charge in [0.25, 0.3) is 0 Å². The van der Waals surface area contributed by atoms with E-state index >= 15 is 0 Å². The van der Waals surface area contributed by atoms with Gasteiger partial charge in [-0.3, -0.25) is 0 Å². The first-order valence-electron chi connectivity index (χ1n) is 7.42. The Bertz CT molecular complexity index is 262. The lowest BCUT2D eigenvalue weighted by Gasteiger charge is -2.54. The highest BCUT2D eigenvalue weighted by Crippen LogP contribution is 2.44. The monoisotopic (exact) mass is 239 g/mol. The summed E-state index contributed by atoms with van der Waals surface area (Å²) in [4.78, 5) is 0. The predicted molar refractivity (Wildman–Crippen MR) is 72.2 cm³/mol. The Hall–Kier alpha value is -0.0800. The lowest BCUT2D eigenvalue weighted by Crippen LogP contribution is -2.63. The Labute approximate surface area is 107 Å². The minimum absolute atomic E-state index is 0.0444. The summed E-state index contributed by atoms with van der Waals surface area (Å²) in [6.07, 6.45) is 6.42. The molecule has 1 N–H and O–H groups in total. The lowest BCUT2D eigenvalue weighted by atomic mass is 9.69. The Morgan fingerprint density at radius 2 is 2.06 bits per heavy atom. The number of nitrogens with one attached hydrogen (secondary N) is 1. The van der Waals surface area contributed by atoms with Gasteiger partial charge in [0.1, 0.15) is 0 Å². The molecule has 3 unspecified atom stereocenters. The van der Waals surface area contributed by atoms with Crippen molar-refractivity contribution < 1.29 is 4.74 Å². The molecule has 0 radical (unpaired) electrons. The van der Waals surface area contributed by atoms with E-state index < -0.39 is 0 Å². The third-order valence-corrected chi connectivity index (χ3v) is 4.97. The molecule has 2 heteroatoms. The van der Waals surface area contributed by atoms with E-state index in [0.717, 1.165) is 31.3 Å². The van der Waals surface area contributed by atoms with Crippen LogP contribution in [-0.2, 0) is 4.74 Å². The summed E-state index contributed by atoms with van der Waals surface area (Å²) in [5.41, 5.74) is 0.165. The summed E-state index contributed by atoms with van der Waals surface area (Å²) in [5, 5.41) is 3.65. The predicted octanol–water partition coefficient (Wildman–Crippen LogP) is 3.36. The highest BCUT2D eigenvalue weighted by Gasteiger charge is 2.49. The zero-order valence-corrected chi connectivity index (χ0v) is 12.0. The second kappa shape index (κ2) is 4.89. The van der Waals surface area contributed by atoms with Crippen molar-refractivity contribution in [3.8, 4) is 0 Å². The molecule has 1 saturated heterocycles. The summed E-state index contributed by atoms with van der Waals surface area (Å²) in [5.74, 6) is 1.46. The Morgan fingerprint density at radius 1 is 1.29 bits per heavy atom. The van der Waals surface area contributed by atoms with E-state index in [1.807, 2.05) is 0 Å². The lowest BCUT2D eigenvalue weighted by molar-refractivity contribution is -0.214. The fraction of sp³-hybridized carbons (Fsp3) is 1.00. The molecule has 1 aliphatic heterocycles. The molecule has 2 rings (SSSR count). The first-order valence-corrected chi connectivity index (χ1v) is 7.42. The van der Waals surface area contributed by atoms with Crippen LogP contribution in [0.1, 0.15) is 59.8 Å². The van der Waals surface area contributed by atoms with E-state index in [9.17, 15) is 0 Å². The quantitative estimate of drug-likeness (QED) is 0.798. The molecular weight excluding hydrogens is 210 g/mol. The number of hydrogen-bond donors (Lipinski definition) is 1. The average molecular weight is 239 g/mol. The van der Waals surface area contributed by atoms with Gasteiger partial charge in [-0.25, -0.2) is 0 Å². The van der Waals surface area contributed by atoms with Gasteiger partial charge < -0.3 is 10.1 Å². The highest BCUT2D eigenvalue weighted by molar-refractivity contribution is 5.00. The SMILES string of the molecule is CCC1(C)CNCC2(CCCCC2C(C)C)O1. The van der Waals surface area contributed by atoms with Crippen LogP contribution >= 0.6 is 0 Å². The van der Waals surface area contributed by atoms with Crippen LogP contribution in [0, 0.1) is 11.8 Å². The molecule has 100 valence electrons. The average Bonchev–Trinajstić information content (AvgIpc) is 2.29. The molecule has 1 heterocycles. The molecule has 1 spiro atoms. The van der Waals surface area contributed by atoms with Crippen LogP contribution in [0.4, 0.5) is 0 Å². The van der Waals surface area contributed by atoms with Crippen molar-refractivity contribution >= 4 is 0 Å². The molecule has 0 aromatic carbocycles. The summed E-state index contributed by atoms with van der Waals surface area (Å²) < 4.78 is 6.66. The van der Waals surface area contributed by atoms with Gasteiger partial charge in [0.15, 0.2) is 0 Å². The number of rotatable bonds is 2. The fourth-order valence-corrected chi connectivity index (χ4v) is 3.82. The third kappa shape index (κ3) is 2.53. The number of morpholine rings is 1. The third-order valence-electron chi connectivity index (χ3n) is 4.97. The van der Waals surface area contributed by atoms with Crippen molar-refractivity contribution in [2.45, 2.75) is 71.0 Å². The van der Waals surface area contributed by atoms with Gasteiger partial charge in [-0.05, 0) is 38.0 Å². The van der Waals surface area contributed by atoms with E-state index in [0.29, 0.717) is 0 Å². The molecule has 0 bridgehead atoms. The normalized spacial score (nSPS) is 43.2. The van der Waals surface area contributed by atoms with Gasteiger partial charge in [0.05, 0.1) is 11.2 Å². The minimum Gasteiger partial charge on any atom is -0.366 e. The highest BCUT2D eigenvalue weighted by atomic mass is 16.5. The maximum Gasteiger partial charge on any atom is 0.0844 e. The van der Waals surface area contributed by atoms with Crippen LogP contribution in [0.5, 0.6) is 0 Å². The zero-order chi connectivity index (χ0) is 12.5. The molecule has 0 aromatic heterocycles. The summed E-state index contributed by atoms with van der Waals surface area (Å²) in [7, 11) is 0. The molecule has 1 saturated carbocycles. The molecule has 17 heavy (non-hydrogen) atoms. The van der Waals surface area contributed by atoms with Crippen molar-refractivity contribution in [3.63, 3.8) is 0 Å². The largest absolute Gasteiger partial charge is 0.366 e. The van der Waals surface area contributed by atoms with Crippen LogP contribution < -0.4 is 5.32 Å². The van der Waals surface area contributed by atoms with E-state index in [2.05, 4.69) is 33.0 Å². The smallest absolute Gasteiger partial charge is 0.0844 e. The van der Waals surface area contributed by atoms with E-state index in [4.69, 9.17) is 4.74 Å². The van der Waals surface area contributed by atoms with Gasteiger partial charge in [-0.2, -0.15) is 0 Å². The van der Waals surface area contributed by atoms with Gasteiger partial charge in [-0.15, -0.1) is 0 Å². The van der Waals surface area contributed by atoms with E-state index in [1.165, 1.54) is 25.7 Å². The van der Waals surface area contributed by atoms with Crippen molar-refractivity contribution in [1.82, 2.24) is 5.32 Å². The molecular formula is C15H29NO. The van der Waals surface area contributed by atoms with Crippen molar-refractivity contribution in [3.05, 3.63) is 0 Å². The molecule has 2 nitrogen and oxygen atoms in total. The molecule has 0 aromatic rings. The second-order valence-corrected chi connectivity index (χ2v) is 6.67. The van der Waals surface area contributed by atoms with Gasteiger partial charge >= 0.3 is 0 Å². The van der Waals surface area contributed by atoms with Crippen LogP contribution in [-0.4, -0.2) is 24.3 Å². The Morgan fingerprint density at radius 3 is 2.71 bits per heavy atom. The Kier molecular flexibility index (Phi) is 3.84.